The number of hydrogen-bond acceptors (Lipinski definition) is 1. The minimum Gasteiger partial charge on any atom is -0.851 e. The van der Waals surface area contributed by atoms with Crippen molar-refractivity contribution in [1.82, 2.24) is 0 Å². The zero-order valence-electron chi connectivity index (χ0n) is 4.27. The van der Waals surface area contributed by atoms with E-state index in [-0.39, 0.29) is 58.0 Å². The first-order valence-electron chi connectivity index (χ1n) is 1.61. The van der Waals surface area contributed by atoms with Gasteiger partial charge in [-0.25, -0.2) is 0 Å². The monoisotopic (exact) mass is 110 g/mol. The van der Waals surface area contributed by atoms with Gasteiger partial charge in [0.1, 0.15) is 0 Å². The molecule has 0 bridgehead atoms. The third-order valence-corrected chi connectivity index (χ3v) is 0.332. The average Bonchev–Trinajstić information content (AvgIpc) is 1.41. The van der Waals surface area contributed by atoms with Crippen molar-refractivity contribution in [2.75, 3.05) is 6.61 Å². The molecule has 2 heteroatoms. The Bertz CT molecular complexity index is 34.5. The summed E-state index contributed by atoms with van der Waals surface area (Å²) in [4.78, 5) is 0. The zero-order chi connectivity index (χ0) is 4.12. The van der Waals surface area contributed by atoms with Gasteiger partial charge in [-0.3, -0.25) is 0 Å². The predicted octanol–water partition coefficient (Wildman–Crippen LogP) is -3.07. The first-order chi connectivity index (χ1) is 2.41. The largest absolute Gasteiger partial charge is 1.00 e. The molecule has 0 aliphatic heterocycles. The normalized spacial score (nSPS) is 8.33. The molecule has 0 rings (SSSR count). The van der Waals surface area contributed by atoms with Crippen LogP contribution < -0.4 is 56.5 Å². The van der Waals surface area contributed by atoms with Gasteiger partial charge in [-0.1, -0.05) is 6.08 Å². The van der Waals surface area contributed by atoms with Crippen LogP contribution >= 0.6 is 0 Å². The summed E-state index contributed by atoms with van der Waals surface area (Å²) >= 11 is 0. The van der Waals surface area contributed by atoms with Crippen molar-refractivity contribution in [3.8, 4) is 0 Å². The van der Waals surface area contributed by atoms with Gasteiger partial charge in [0, 0.05) is 0 Å². The number of rotatable bonds is 1. The SMILES string of the molecule is C/C=C/C[O-].[K+]. The molecular weight excluding hydrogens is 103 g/mol. The van der Waals surface area contributed by atoms with E-state index in [1.807, 2.05) is 6.92 Å². The van der Waals surface area contributed by atoms with Gasteiger partial charge in [0.2, 0.25) is 0 Å². The molecule has 0 heterocycles. The van der Waals surface area contributed by atoms with Crippen LogP contribution in [0.15, 0.2) is 12.2 Å². The molecule has 30 valence electrons. The Morgan fingerprint density at radius 3 is 2.17 bits per heavy atom. The number of allylic oxidation sites excluding steroid dienone is 1. The van der Waals surface area contributed by atoms with Crippen molar-refractivity contribution in [2.24, 2.45) is 0 Å². The summed E-state index contributed by atoms with van der Waals surface area (Å²) in [6.07, 6.45) is 3.31. The van der Waals surface area contributed by atoms with E-state index in [1.165, 1.54) is 0 Å². The Hall–Kier alpha value is 1.34. The molecule has 0 aromatic carbocycles. The van der Waals surface area contributed by atoms with Gasteiger partial charge in [-0.2, -0.15) is 0 Å². The molecule has 1 nitrogen and oxygen atoms in total. The molecule has 0 unspecified atom stereocenters. The molecule has 0 aromatic heterocycles. The third-order valence-electron chi connectivity index (χ3n) is 0.332. The van der Waals surface area contributed by atoms with Crippen LogP contribution in [0.3, 0.4) is 0 Å². The molecule has 0 spiro atoms. The predicted molar refractivity (Wildman–Crippen MR) is 19.7 cm³/mol. The summed E-state index contributed by atoms with van der Waals surface area (Å²) in [5.74, 6) is 0. The van der Waals surface area contributed by atoms with Crippen molar-refractivity contribution in [2.45, 2.75) is 6.92 Å². The Kier molecular flexibility index (Phi) is 16.5. The van der Waals surface area contributed by atoms with Crippen molar-refractivity contribution in [3.05, 3.63) is 12.2 Å². The maximum atomic E-state index is 9.44. The Balaban J connectivity index is 0. The second-order valence-electron chi connectivity index (χ2n) is 0.736. The minimum absolute atomic E-state index is 0. The van der Waals surface area contributed by atoms with Crippen molar-refractivity contribution in [3.63, 3.8) is 0 Å². The second-order valence-corrected chi connectivity index (χ2v) is 0.736. The van der Waals surface area contributed by atoms with E-state index in [2.05, 4.69) is 0 Å². The quantitative estimate of drug-likeness (QED) is 0.259. The summed E-state index contributed by atoms with van der Waals surface area (Å²) in [6.45, 7) is 1.74. The van der Waals surface area contributed by atoms with Crippen LogP contribution in [0.25, 0.3) is 0 Å². The molecule has 6 heavy (non-hydrogen) atoms. The van der Waals surface area contributed by atoms with Gasteiger partial charge in [0.25, 0.3) is 0 Å². The third kappa shape index (κ3) is 9.01. The molecule has 0 fully saturated rings. The Morgan fingerprint density at radius 1 is 1.67 bits per heavy atom. The van der Waals surface area contributed by atoms with Crippen LogP contribution in [-0.2, 0) is 0 Å². The van der Waals surface area contributed by atoms with Crippen LogP contribution in [0.5, 0.6) is 0 Å². The maximum Gasteiger partial charge on any atom is 1.00 e. The van der Waals surface area contributed by atoms with E-state index in [9.17, 15) is 5.11 Å². The van der Waals surface area contributed by atoms with Gasteiger partial charge in [0.15, 0.2) is 0 Å². The summed E-state index contributed by atoms with van der Waals surface area (Å²) in [6, 6.07) is 0. The summed E-state index contributed by atoms with van der Waals surface area (Å²) in [5, 5.41) is 9.44. The van der Waals surface area contributed by atoms with E-state index < -0.39 is 0 Å². The first kappa shape index (κ1) is 10.3. The molecule has 0 atom stereocenters. The molecule has 0 aliphatic rings. The molecule has 0 aromatic rings. The topological polar surface area (TPSA) is 23.1 Å². The van der Waals surface area contributed by atoms with Gasteiger partial charge < -0.3 is 5.11 Å². The van der Waals surface area contributed by atoms with Crippen LogP contribution in [0.1, 0.15) is 6.92 Å². The van der Waals surface area contributed by atoms with Crippen LogP contribution in [0, 0.1) is 0 Å². The Labute approximate surface area is 80.9 Å². The summed E-state index contributed by atoms with van der Waals surface area (Å²) in [7, 11) is 0. The fraction of sp³-hybridized carbons (Fsp3) is 0.500. The fourth-order valence-corrected chi connectivity index (χ4v) is 0.0962. The minimum atomic E-state index is -0.0868. The standard InChI is InChI=1S/C4H7O.K/c1-2-3-4-5;/h2-3H,4H2,1H3;/q-1;+1/b3-2+;. The van der Waals surface area contributed by atoms with Gasteiger partial charge in [0.05, 0.1) is 0 Å². The molecular formula is C4H7KO. The summed E-state index contributed by atoms with van der Waals surface area (Å²) in [5.41, 5.74) is 0. The van der Waals surface area contributed by atoms with Crippen LogP contribution in [-0.4, -0.2) is 6.61 Å². The van der Waals surface area contributed by atoms with E-state index in [0.29, 0.717) is 0 Å². The smallest absolute Gasteiger partial charge is 0.851 e. The molecule has 0 aliphatic carbocycles. The van der Waals surface area contributed by atoms with Crippen molar-refractivity contribution in [1.29, 1.82) is 0 Å². The van der Waals surface area contributed by atoms with E-state index in [4.69, 9.17) is 0 Å². The molecule has 0 saturated heterocycles. The van der Waals surface area contributed by atoms with Gasteiger partial charge in [-0.15, -0.1) is 12.7 Å². The molecule has 0 amide bonds. The van der Waals surface area contributed by atoms with E-state index in [0.717, 1.165) is 0 Å². The maximum absolute atomic E-state index is 9.44. The molecule has 0 radical (unpaired) electrons. The van der Waals surface area contributed by atoms with Crippen molar-refractivity contribution < 1.29 is 56.5 Å². The average molecular weight is 110 g/mol. The number of hydrogen-bond donors (Lipinski definition) is 0. The fourth-order valence-electron chi connectivity index (χ4n) is 0.0962. The Morgan fingerprint density at radius 2 is 2.17 bits per heavy atom. The van der Waals surface area contributed by atoms with E-state index >= 15 is 0 Å². The second kappa shape index (κ2) is 9.60. The summed E-state index contributed by atoms with van der Waals surface area (Å²) < 4.78 is 0. The van der Waals surface area contributed by atoms with Gasteiger partial charge in [-0.05, 0) is 6.92 Å². The van der Waals surface area contributed by atoms with Gasteiger partial charge >= 0.3 is 51.4 Å². The van der Waals surface area contributed by atoms with Crippen LogP contribution in [0.4, 0.5) is 0 Å². The zero-order valence-corrected chi connectivity index (χ0v) is 7.39. The van der Waals surface area contributed by atoms with Crippen molar-refractivity contribution >= 4 is 0 Å². The van der Waals surface area contributed by atoms with Crippen LogP contribution in [0.2, 0.25) is 0 Å². The molecule has 0 N–H and O–H groups in total. The van der Waals surface area contributed by atoms with E-state index in [1.54, 1.807) is 12.2 Å². The first-order valence-corrected chi connectivity index (χ1v) is 1.61. The molecule has 0 saturated carbocycles.